The molecule has 0 amide bonds. The summed E-state index contributed by atoms with van der Waals surface area (Å²) in [5.41, 5.74) is 18.2. The van der Waals surface area contributed by atoms with Gasteiger partial charge in [-0.1, -0.05) is 182 Å². The van der Waals surface area contributed by atoms with Crippen molar-refractivity contribution in [1.29, 1.82) is 0 Å². The van der Waals surface area contributed by atoms with Gasteiger partial charge in [0.05, 0.1) is 17.0 Å². The fourth-order valence-corrected chi connectivity index (χ4v) is 11.1. The number of rotatable bonds is 3. The van der Waals surface area contributed by atoms with Crippen LogP contribution in [0.15, 0.2) is 206 Å². The third-order valence-electron chi connectivity index (χ3n) is 13.7. The summed E-state index contributed by atoms with van der Waals surface area (Å²) in [4.78, 5) is 16.9. The molecule has 1 aliphatic heterocycles. The molecule has 5 nitrogen and oxygen atoms in total. The lowest BCUT2D eigenvalue weighted by Gasteiger charge is -2.32. The molecule has 2 aliphatic carbocycles. The van der Waals surface area contributed by atoms with Crippen molar-refractivity contribution < 1.29 is 4.74 Å². The number of nitrogens with zero attached hydrogens (tertiary/aromatic N) is 4. The van der Waals surface area contributed by atoms with Crippen LogP contribution in [0.1, 0.15) is 45.5 Å². The molecule has 14 rings (SSSR count). The minimum atomic E-state index is -0.230. The molecule has 0 spiro atoms. The lowest BCUT2D eigenvalue weighted by molar-refractivity contribution is 0.453. The highest BCUT2D eigenvalue weighted by Gasteiger charge is 2.38. The van der Waals surface area contributed by atoms with Crippen LogP contribution in [-0.2, 0) is 0 Å². The van der Waals surface area contributed by atoms with E-state index >= 15 is 0 Å². The van der Waals surface area contributed by atoms with Crippen LogP contribution in [0.3, 0.4) is 0 Å². The number of aromatic nitrogens is 4. The van der Waals surface area contributed by atoms with Crippen molar-refractivity contribution in [2.75, 3.05) is 0 Å². The molecule has 9 aromatic carbocycles. The van der Waals surface area contributed by atoms with Crippen LogP contribution < -0.4 is 4.74 Å². The molecule has 64 heavy (non-hydrogen) atoms. The number of para-hydroxylation sites is 3. The van der Waals surface area contributed by atoms with Crippen molar-refractivity contribution in [3.63, 3.8) is 0 Å². The van der Waals surface area contributed by atoms with E-state index in [1.165, 1.54) is 38.9 Å². The first-order valence-electron chi connectivity index (χ1n) is 21.9. The van der Waals surface area contributed by atoms with E-state index in [1.54, 1.807) is 0 Å². The van der Waals surface area contributed by atoms with E-state index in [0.29, 0.717) is 17.6 Å². The Bertz CT molecular complexity index is 3650. The summed E-state index contributed by atoms with van der Waals surface area (Å²) in [6.07, 6.45) is 0. The second-order valence-electron chi connectivity index (χ2n) is 16.9. The monoisotopic (exact) mass is 816 g/mol. The van der Waals surface area contributed by atoms with Crippen LogP contribution in [0.2, 0.25) is 0 Å². The smallest absolute Gasteiger partial charge is 0.238 e. The molecule has 3 heterocycles. The summed E-state index contributed by atoms with van der Waals surface area (Å²) in [6, 6.07) is 73.9. The summed E-state index contributed by atoms with van der Waals surface area (Å²) >= 11 is 0. The van der Waals surface area contributed by atoms with Crippen molar-refractivity contribution >= 4 is 21.8 Å². The van der Waals surface area contributed by atoms with Crippen LogP contribution in [0.5, 0.6) is 11.5 Å². The van der Waals surface area contributed by atoms with E-state index in [4.69, 9.17) is 19.7 Å². The summed E-state index contributed by atoms with van der Waals surface area (Å²) in [6.45, 7) is 0. The van der Waals surface area contributed by atoms with Gasteiger partial charge in [-0.25, -0.2) is 4.98 Å². The number of benzene rings is 9. The Balaban J connectivity index is 1.13. The summed E-state index contributed by atoms with van der Waals surface area (Å²) in [7, 11) is 0. The molecule has 1 atom stereocenters. The van der Waals surface area contributed by atoms with E-state index in [-0.39, 0.29) is 11.8 Å². The maximum Gasteiger partial charge on any atom is 0.238 e. The van der Waals surface area contributed by atoms with Crippen molar-refractivity contribution in [2.24, 2.45) is 0 Å². The molecule has 0 saturated carbocycles. The van der Waals surface area contributed by atoms with E-state index in [0.717, 1.165) is 72.2 Å². The Hall–Kier alpha value is -8.41. The second-order valence-corrected chi connectivity index (χ2v) is 16.9. The Labute approximate surface area is 369 Å². The highest BCUT2D eigenvalue weighted by molar-refractivity contribution is 6.09. The van der Waals surface area contributed by atoms with Gasteiger partial charge in [-0.2, -0.15) is 9.97 Å². The first kappa shape index (κ1) is 35.2. The Morgan fingerprint density at radius 2 is 0.781 bits per heavy atom. The van der Waals surface area contributed by atoms with E-state index in [2.05, 4.69) is 211 Å². The highest BCUT2D eigenvalue weighted by atomic mass is 16.5. The number of hydrogen-bond acceptors (Lipinski definition) is 4. The number of fused-ring (bicyclic) bond motifs is 15. The zero-order valence-electron chi connectivity index (χ0n) is 34.5. The zero-order chi connectivity index (χ0) is 41.9. The Morgan fingerprint density at radius 3 is 1.42 bits per heavy atom. The Morgan fingerprint density at radius 1 is 0.328 bits per heavy atom. The van der Waals surface area contributed by atoms with Gasteiger partial charge >= 0.3 is 0 Å². The molecule has 11 aromatic rings. The van der Waals surface area contributed by atoms with Gasteiger partial charge in [-0.15, -0.1) is 0 Å². The third-order valence-corrected chi connectivity index (χ3v) is 13.7. The maximum atomic E-state index is 6.87. The van der Waals surface area contributed by atoms with Crippen LogP contribution in [0.25, 0.3) is 83.6 Å². The summed E-state index contributed by atoms with van der Waals surface area (Å²) in [5.74, 6) is 3.18. The normalized spacial score (nSPS) is 14.2. The SMILES string of the molecule is c1ccc2c(c1)Oc1cccc3c1C2c1c(-c2nc(C4c5ccccc5-c5ccccc54)nc(-n4c5ccccc5c5ccccc54)n2)cccc1-c1ccccc1-c1ccccc1-3. The minimum Gasteiger partial charge on any atom is -0.457 e. The standard InChI is InChI=1S/C59H36N4O/c1-3-19-37-35(17-1)36-18-2-4-20-38(36)46-29-16-34-52-55(46)56(47-27-11-14-33-51(47)64-52)53-43(37)28-15-30-48(53)57-60-58(54-44-25-7-5-21-39(44)40-22-6-8-26-45(40)54)62-59(61-57)63-49-31-12-9-23-41(49)42-24-10-13-32-50(42)63/h1-34,54,56H. The van der Waals surface area contributed by atoms with Crippen LogP contribution >= 0.6 is 0 Å². The molecule has 0 radical (unpaired) electrons. The number of ether oxygens (including phenoxy) is 1. The molecule has 0 bridgehead atoms. The average molecular weight is 817 g/mol. The van der Waals surface area contributed by atoms with Crippen LogP contribution in [0, 0.1) is 0 Å². The van der Waals surface area contributed by atoms with Gasteiger partial charge in [0.2, 0.25) is 5.95 Å². The predicted molar refractivity (Wildman–Crippen MR) is 256 cm³/mol. The van der Waals surface area contributed by atoms with Crippen molar-refractivity contribution in [3.05, 3.63) is 240 Å². The quantitative estimate of drug-likeness (QED) is 0.178. The van der Waals surface area contributed by atoms with Crippen LogP contribution in [0.4, 0.5) is 0 Å². The molecule has 3 aliphatic rings. The minimum absolute atomic E-state index is 0.207. The second kappa shape index (κ2) is 13.5. The molecule has 2 aromatic heterocycles. The Kier molecular flexibility index (Phi) is 7.45. The number of hydrogen-bond donors (Lipinski definition) is 0. The van der Waals surface area contributed by atoms with Gasteiger partial charge in [0.25, 0.3) is 0 Å². The molecular weight excluding hydrogens is 781 g/mol. The summed E-state index contributed by atoms with van der Waals surface area (Å²) < 4.78 is 9.10. The lowest BCUT2D eigenvalue weighted by atomic mass is 9.75. The average Bonchev–Trinajstić information content (AvgIpc) is 3.89. The molecule has 0 N–H and O–H groups in total. The van der Waals surface area contributed by atoms with Crippen LogP contribution in [-0.4, -0.2) is 19.5 Å². The van der Waals surface area contributed by atoms with Gasteiger partial charge in [-0.3, -0.25) is 4.57 Å². The lowest BCUT2D eigenvalue weighted by Crippen LogP contribution is -2.16. The molecule has 0 saturated heterocycles. The largest absolute Gasteiger partial charge is 0.457 e. The van der Waals surface area contributed by atoms with E-state index in [9.17, 15) is 0 Å². The van der Waals surface area contributed by atoms with E-state index < -0.39 is 0 Å². The predicted octanol–water partition coefficient (Wildman–Crippen LogP) is 14.4. The van der Waals surface area contributed by atoms with Crippen molar-refractivity contribution in [1.82, 2.24) is 19.5 Å². The van der Waals surface area contributed by atoms with Gasteiger partial charge in [0.1, 0.15) is 17.3 Å². The molecule has 1 unspecified atom stereocenters. The molecule has 0 fully saturated rings. The van der Waals surface area contributed by atoms with Gasteiger partial charge in [0, 0.05) is 33.4 Å². The van der Waals surface area contributed by atoms with E-state index in [1.807, 2.05) is 0 Å². The highest BCUT2D eigenvalue weighted by Crippen LogP contribution is 2.57. The zero-order valence-corrected chi connectivity index (χ0v) is 34.5. The fourth-order valence-electron chi connectivity index (χ4n) is 11.1. The topological polar surface area (TPSA) is 52.8 Å². The van der Waals surface area contributed by atoms with Gasteiger partial charge < -0.3 is 4.74 Å². The van der Waals surface area contributed by atoms with Gasteiger partial charge in [-0.05, 0) is 85.5 Å². The molecular formula is C59H36N4O. The summed E-state index contributed by atoms with van der Waals surface area (Å²) in [5, 5.41) is 2.30. The van der Waals surface area contributed by atoms with Crippen molar-refractivity contribution in [3.8, 4) is 73.3 Å². The molecule has 5 heteroatoms. The van der Waals surface area contributed by atoms with Crippen molar-refractivity contribution in [2.45, 2.75) is 11.8 Å². The molecule has 298 valence electrons. The fraction of sp³-hybridized carbons (Fsp3) is 0.0339. The third kappa shape index (κ3) is 4.98. The first-order valence-corrected chi connectivity index (χ1v) is 21.9. The van der Waals surface area contributed by atoms with Gasteiger partial charge in [0.15, 0.2) is 5.82 Å². The first-order chi connectivity index (χ1) is 31.8. The maximum absolute atomic E-state index is 6.87.